The van der Waals surface area contributed by atoms with E-state index < -0.39 is 33.2 Å². The molecular formula is C22H25FN4O5S. The van der Waals surface area contributed by atoms with Crippen LogP contribution in [0.25, 0.3) is 0 Å². The Morgan fingerprint density at radius 2 is 1.79 bits per heavy atom. The van der Waals surface area contributed by atoms with Gasteiger partial charge in [0.15, 0.2) is 0 Å². The van der Waals surface area contributed by atoms with Crippen molar-refractivity contribution in [3.8, 4) is 0 Å². The van der Waals surface area contributed by atoms with Crippen LogP contribution in [0.1, 0.15) is 22.3 Å². The van der Waals surface area contributed by atoms with Gasteiger partial charge in [-0.05, 0) is 42.7 Å². The van der Waals surface area contributed by atoms with Crippen molar-refractivity contribution in [3.05, 3.63) is 59.4 Å². The summed E-state index contributed by atoms with van der Waals surface area (Å²) < 4.78 is 46.3. The normalized spacial score (nSPS) is 16.7. The molecule has 33 heavy (non-hydrogen) atoms. The van der Waals surface area contributed by atoms with Gasteiger partial charge in [-0.3, -0.25) is 20.4 Å². The van der Waals surface area contributed by atoms with Crippen molar-refractivity contribution in [3.63, 3.8) is 0 Å². The highest BCUT2D eigenvalue weighted by molar-refractivity contribution is 7.89. The first kappa shape index (κ1) is 23.1. The number of rotatable bonds is 5. The lowest BCUT2D eigenvalue weighted by molar-refractivity contribution is -0.120. The third-order valence-corrected chi connectivity index (χ3v) is 7.54. The van der Waals surface area contributed by atoms with Gasteiger partial charge in [0.25, 0.3) is 11.8 Å². The van der Waals surface area contributed by atoms with Crippen LogP contribution in [0.3, 0.4) is 0 Å². The minimum Gasteiger partial charge on any atom is -0.379 e. The van der Waals surface area contributed by atoms with Crippen molar-refractivity contribution in [2.75, 3.05) is 44.3 Å². The van der Waals surface area contributed by atoms with Gasteiger partial charge in [-0.1, -0.05) is 18.2 Å². The number of para-hydroxylation sites is 1. The van der Waals surface area contributed by atoms with E-state index in [0.717, 1.165) is 42.3 Å². The first-order valence-corrected chi connectivity index (χ1v) is 12.1. The summed E-state index contributed by atoms with van der Waals surface area (Å²) >= 11 is 0. The number of anilines is 1. The maximum atomic E-state index is 14.3. The number of ether oxygens (including phenoxy) is 1. The Morgan fingerprint density at radius 1 is 1.03 bits per heavy atom. The second kappa shape index (κ2) is 9.86. The Bertz CT molecular complexity index is 1150. The fraction of sp³-hybridized carbons (Fsp3) is 0.364. The lowest BCUT2D eigenvalue weighted by atomic mass is 10.0. The minimum absolute atomic E-state index is 0.0191. The molecular weight excluding hydrogens is 451 g/mol. The molecule has 176 valence electrons. The van der Waals surface area contributed by atoms with E-state index in [1.807, 2.05) is 29.2 Å². The number of fused-ring (bicyclic) bond motifs is 1. The minimum atomic E-state index is -3.90. The van der Waals surface area contributed by atoms with Gasteiger partial charge >= 0.3 is 0 Å². The average Bonchev–Trinajstić information content (AvgIpc) is 2.83. The Morgan fingerprint density at radius 3 is 2.58 bits per heavy atom. The van der Waals surface area contributed by atoms with Crippen LogP contribution in [0.15, 0.2) is 47.4 Å². The third-order valence-electron chi connectivity index (χ3n) is 5.65. The van der Waals surface area contributed by atoms with E-state index in [-0.39, 0.29) is 37.7 Å². The molecule has 0 aromatic heterocycles. The summed E-state index contributed by atoms with van der Waals surface area (Å²) in [6.07, 6.45) is 1.85. The lowest BCUT2D eigenvalue weighted by Gasteiger charge is -2.30. The molecule has 0 radical (unpaired) electrons. The maximum absolute atomic E-state index is 14.3. The van der Waals surface area contributed by atoms with E-state index in [9.17, 15) is 22.4 Å². The highest BCUT2D eigenvalue weighted by atomic mass is 32.2. The summed E-state index contributed by atoms with van der Waals surface area (Å²) in [5, 5.41) is 0. The van der Waals surface area contributed by atoms with Gasteiger partial charge in [-0.25, -0.2) is 12.8 Å². The smallest absolute Gasteiger partial charge is 0.272 e. The number of hydrogen-bond acceptors (Lipinski definition) is 6. The van der Waals surface area contributed by atoms with E-state index in [0.29, 0.717) is 6.54 Å². The molecule has 2 aliphatic heterocycles. The molecule has 11 heteroatoms. The molecule has 1 fully saturated rings. The zero-order valence-electron chi connectivity index (χ0n) is 17.9. The van der Waals surface area contributed by atoms with Gasteiger partial charge in [0, 0.05) is 25.3 Å². The first-order valence-electron chi connectivity index (χ1n) is 10.7. The summed E-state index contributed by atoms with van der Waals surface area (Å²) in [6.45, 7) is 1.61. The molecule has 0 aliphatic carbocycles. The Balaban J connectivity index is 1.40. The van der Waals surface area contributed by atoms with Crippen LogP contribution >= 0.6 is 0 Å². The molecule has 2 aliphatic rings. The molecule has 1 saturated heterocycles. The molecule has 4 rings (SSSR count). The molecule has 0 unspecified atom stereocenters. The molecule has 0 atom stereocenters. The predicted molar refractivity (Wildman–Crippen MR) is 119 cm³/mol. The van der Waals surface area contributed by atoms with Crippen LogP contribution in [0.2, 0.25) is 0 Å². The summed E-state index contributed by atoms with van der Waals surface area (Å²) in [4.78, 5) is 26.6. The van der Waals surface area contributed by atoms with Crippen molar-refractivity contribution >= 4 is 27.5 Å². The molecule has 2 heterocycles. The predicted octanol–water partition coefficient (Wildman–Crippen LogP) is 1.06. The van der Waals surface area contributed by atoms with E-state index in [2.05, 4.69) is 10.9 Å². The average molecular weight is 477 g/mol. The monoisotopic (exact) mass is 476 g/mol. The van der Waals surface area contributed by atoms with Crippen LogP contribution in [0, 0.1) is 5.82 Å². The van der Waals surface area contributed by atoms with Gasteiger partial charge in [-0.2, -0.15) is 4.31 Å². The second-order valence-electron chi connectivity index (χ2n) is 7.81. The van der Waals surface area contributed by atoms with Gasteiger partial charge < -0.3 is 9.64 Å². The number of sulfonamides is 1. The second-order valence-corrected chi connectivity index (χ2v) is 9.75. The third kappa shape index (κ3) is 5.15. The van der Waals surface area contributed by atoms with Gasteiger partial charge in [0.2, 0.25) is 10.0 Å². The maximum Gasteiger partial charge on any atom is 0.272 e. The van der Waals surface area contributed by atoms with Crippen LogP contribution < -0.4 is 15.8 Å². The molecule has 0 bridgehead atoms. The number of hydrogen-bond donors (Lipinski definition) is 2. The van der Waals surface area contributed by atoms with E-state index in [4.69, 9.17) is 4.74 Å². The SMILES string of the molecule is O=C(CN1CCCc2ccccc21)NNC(=O)c1cc(S(=O)(=O)N2CCOCC2)ccc1F. The van der Waals surface area contributed by atoms with E-state index >= 15 is 0 Å². The van der Waals surface area contributed by atoms with Crippen LogP contribution in [0.4, 0.5) is 10.1 Å². The number of halogens is 1. The quantitative estimate of drug-likeness (QED) is 0.625. The summed E-state index contributed by atoms with van der Waals surface area (Å²) in [5.74, 6) is -2.32. The number of morpholine rings is 1. The van der Waals surface area contributed by atoms with Crippen molar-refractivity contribution in [1.29, 1.82) is 0 Å². The van der Waals surface area contributed by atoms with Crippen LogP contribution in [-0.4, -0.2) is 63.9 Å². The number of aryl methyl sites for hydroxylation is 1. The zero-order chi connectivity index (χ0) is 23.4. The summed E-state index contributed by atoms with van der Waals surface area (Å²) in [7, 11) is -3.90. The highest BCUT2D eigenvalue weighted by Gasteiger charge is 2.28. The first-order chi connectivity index (χ1) is 15.9. The fourth-order valence-electron chi connectivity index (χ4n) is 3.96. The van der Waals surface area contributed by atoms with Crippen molar-refractivity contribution < 1.29 is 27.1 Å². The molecule has 0 saturated carbocycles. The van der Waals surface area contributed by atoms with E-state index in [1.165, 1.54) is 4.31 Å². The largest absolute Gasteiger partial charge is 0.379 e. The number of nitrogens with one attached hydrogen (secondary N) is 2. The number of nitrogens with zero attached hydrogens (tertiary/aromatic N) is 2. The molecule has 2 N–H and O–H groups in total. The molecule has 2 aromatic rings. The summed E-state index contributed by atoms with van der Waals surface area (Å²) in [5.41, 5.74) is 6.11. The van der Waals surface area contributed by atoms with Crippen molar-refractivity contribution in [1.82, 2.24) is 15.2 Å². The standard InChI is InChI=1S/C22H25FN4O5S/c23-19-8-7-17(33(30,31)27-10-12-32-13-11-27)14-18(19)22(29)25-24-21(28)15-26-9-3-5-16-4-1-2-6-20(16)26/h1-2,4,6-8,14H,3,5,9-13,15H2,(H,24,28)(H,25,29). The Kier molecular flexibility index (Phi) is 6.91. The Hall–Kier alpha value is -3.02. The molecule has 2 aromatic carbocycles. The van der Waals surface area contributed by atoms with Gasteiger partial charge in [0.05, 0.1) is 30.2 Å². The number of hydrazine groups is 1. The lowest BCUT2D eigenvalue weighted by Crippen LogP contribution is -2.47. The fourth-order valence-corrected chi connectivity index (χ4v) is 5.39. The van der Waals surface area contributed by atoms with Crippen molar-refractivity contribution in [2.45, 2.75) is 17.7 Å². The highest BCUT2D eigenvalue weighted by Crippen LogP contribution is 2.26. The summed E-state index contributed by atoms with van der Waals surface area (Å²) in [6, 6.07) is 10.8. The van der Waals surface area contributed by atoms with Crippen LogP contribution in [-0.2, 0) is 26.0 Å². The van der Waals surface area contributed by atoms with Crippen LogP contribution in [0.5, 0.6) is 0 Å². The Labute approximate surface area is 191 Å². The number of carbonyl (C=O) groups is 2. The number of amides is 2. The number of benzene rings is 2. The molecule has 9 nitrogen and oxygen atoms in total. The topological polar surface area (TPSA) is 108 Å². The zero-order valence-corrected chi connectivity index (χ0v) is 18.7. The van der Waals surface area contributed by atoms with Crippen molar-refractivity contribution in [2.24, 2.45) is 0 Å². The number of carbonyl (C=O) groups excluding carboxylic acids is 2. The molecule has 0 spiro atoms. The van der Waals surface area contributed by atoms with E-state index in [1.54, 1.807) is 0 Å². The molecule has 2 amide bonds. The van der Waals surface area contributed by atoms with Gasteiger partial charge in [-0.15, -0.1) is 0 Å². The van der Waals surface area contributed by atoms with Gasteiger partial charge in [0.1, 0.15) is 5.82 Å².